The summed E-state index contributed by atoms with van der Waals surface area (Å²) in [6.45, 7) is 7.72. The normalized spacial score (nSPS) is 16.5. The van der Waals surface area contributed by atoms with Gasteiger partial charge < -0.3 is 19.9 Å². The van der Waals surface area contributed by atoms with Gasteiger partial charge in [-0.1, -0.05) is 26.0 Å². The quantitative estimate of drug-likeness (QED) is 0.875. The molecule has 0 fully saturated rings. The second-order valence-corrected chi connectivity index (χ2v) is 6.75. The van der Waals surface area contributed by atoms with E-state index in [2.05, 4.69) is 33.9 Å². The second-order valence-electron chi connectivity index (χ2n) is 6.75. The highest BCUT2D eigenvalue weighted by atomic mass is 16.4. The van der Waals surface area contributed by atoms with Crippen molar-refractivity contribution in [2.45, 2.75) is 45.8 Å². The van der Waals surface area contributed by atoms with Crippen LogP contribution in [-0.2, 0) is 13.1 Å². The van der Waals surface area contributed by atoms with Crippen molar-refractivity contribution in [1.82, 2.24) is 25.0 Å². The predicted molar refractivity (Wildman–Crippen MR) is 94.9 cm³/mol. The van der Waals surface area contributed by atoms with Gasteiger partial charge in [-0.3, -0.25) is 0 Å². The number of hydrogen-bond acceptors (Lipinski definition) is 4. The van der Waals surface area contributed by atoms with Crippen LogP contribution in [0.4, 0.5) is 4.79 Å². The third-order valence-corrected chi connectivity index (χ3v) is 4.64. The summed E-state index contributed by atoms with van der Waals surface area (Å²) < 4.78 is 2.10. The smallest absolute Gasteiger partial charge is 0.335 e. The molecule has 0 radical (unpaired) electrons. The van der Waals surface area contributed by atoms with Crippen LogP contribution in [0, 0.1) is 0 Å². The monoisotopic (exact) mass is 357 g/mol. The van der Waals surface area contributed by atoms with Crippen LogP contribution in [0.3, 0.4) is 0 Å². The predicted octanol–water partition coefficient (Wildman–Crippen LogP) is 2.39. The first-order valence-corrected chi connectivity index (χ1v) is 8.68. The fourth-order valence-corrected chi connectivity index (χ4v) is 3.16. The Morgan fingerprint density at radius 1 is 1.23 bits per heavy atom. The van der Waals surface area contributed by atoms with Gasteiger partial charge in [-0.15, -0.1) is 10.2 Å². The average molecular weight is 357 g/mol. The summed E-state index contributed by atoms with van der Waals surface area (Å²) in [5.74, 6) is 1.08. The zero-order valence-corrected chi connectivity index (χ0v) is 15.1. The number of benzene rings is 1. The number of nitrogens with zero attached hydrogens (tertiary/aromatic N) is 4. The number of urea groups is 1. The van der Waals surface area contributed by atoms with E-state index < -0.39 is 5.97 Å². The van der Waals surface area contributed by atoms with Crippen molar-refractivity contribution in [2.75, 3.05) is 6.54 Å². The van der Waals surface area contributed by atoms with Gasteiger partial charge in [-0.25, -0.2) is 9.59 Å². The molecule has 2 N–H and O–H groups in total. The first-order valence-electron chi connectivity index (χ1n) is 8.68. The molecule has 0 saturated heterocycles. The highest BCUT2D eigenvalue weighted by Gasteiger charge is 2.31. The van der Waals surface area contributed by atoms with Gasteiger partial charge in [-0.2, -0.15) is 0 Å². The number of aromatic nitrogens is 3. The molecule has 0 bridgehead atoms. The van der Waals surface area contributed by atoms with Crippen molar-refractivity contribution in [3.05, 3.63) is 47.0 Å². The third kappa shape index (κ3) is 3.40. The van der Waals surface area contributed by atoms with Gasteiger partial charge in [0.2, 0.25) is 0 Å². The van der Waals surface area contributed by atoms with E-state index in [0.717, 1.165) is 17.2 Å². The molecule has 26 heavy (non-hydrogen) atoms. The summed E-state index contributed by atoms with van der Waals surface area (Å²) in [7, 11) is 0. The number of fused-ring (bicyclic) bond motifs is 1. The molecule has 8 heteroatoms. The van der Waals surface area contributed by atoms with E-state index in [0.29, 0.717) is 19.6 Å². The van der Waals surface area contributed by atoms with Crippen LogP contribution in [0.25, 0.3) is 0 Å². The molecule has 1 aliphatic heterocycles. The minimum absolute atomic E-state index is 0.155. The largest absolute Gasteiger partial charge is 0.478 e. The van der Waals surface area contributed by atoms with Crippen LogP contribution in [-0.4, -0.2) is 43.3 Å². The van der Waals surface area contributed by atoms with E-state index in [-0.39, 0.29) is 23.6 Å². The van der Waals surface area contributed by atoms with Gasteiger partial charge in [0.15, 0.2) is 5.82 Å². The van der Waals surface area contributed by atoms with Crippen LogP contribution >= 0.6 is 0 Å². The van der Waals surface area contributed by atoms with E-state index in [1.165, 1.54) is 12.1 Å². The van der Waals surface area contributed by atoms with Gasteiger partial charge in [0.05, 0.1) is 11.6 Å². The van der Waals surface area contributed by atoms with Gasteiger partial charge in [0, 0.05) is 25.6 Å². The number of carboxylic acid groups (broad SMARTS) is 1. The Morgan fingerprint density at radius 3 is 2.54 bits per heavy atom. The number of carboxylic acids is 1. The SMILES string of the molecule is CC(C)c1nnc2n1CCN(C(=O)NCc1ccc(C(=O)O)cc1)C2C. The summed E-state index contributed by atoms with van der Waals surface area (Å²) in [6, 6.07) is 6.15. The van der Waals surface area contributed by atoms with Gasteiger partial charge in [0.25, 0.3) is 0 Å². The number of rotatable bonds is 4. The Hall–Kier alpha value is -2.90. The van der Waals surface area contributed by atoms with Crippen LogP contribution in [0.2, 0.25) is 0 Å². The Kier molecular flexibility index (Phi) is 4.92. The molecule has 0 saturated carbocycles. The molecule has 138 valence electrons. The molecule has 2 aromatic rings. The van der Waals surface area contributed by atoms with E-state index in [1.807, 2.05) is 6.92 Å². The number of amides is 2. The van der Waals surface area contributed by atoms with Gasteiger partial charge >= 0.3 is 12.0 Å². The van der Waals surface area contributed by atoms with Crippen molar-refractivity contribution >= 4 is 12.0 Å². The molecular weight excluding hydrogens is 334 g/mol. The minimum Gasteiger partial charge on any atom is -0.478 e. The summed E-state index contributed by atoms with van der Waals surface area (Å²) in [6.07, 6.45) is 0. The lowest BCUT2D eigenvalue weighted by molar-refractivity contribution is 0.0697. The zero-order valence-electron chi connectivity index (χ0n) is 15.1. The van der Waals surface area contributed by atoms with Crippen molar-refractivity contribution < 1.29 is 14.7 Å². The van der Waals surface area contributed by atoms with E-state index in [9.17, 15) is 9.59 Å². The Labute approximate surface area is 151 Å². The minimum atomic E-state index is -0.965. The number of aromatic carboxylic acids is 1. The van der Waals surface area contributed by atoms with Crippen molar-refractivity contribution in [1.29, 1.82) is 0 Å². The van der Waals surface area contributed by atoms with E-state index in [1.54, 1.807) is 17.0 Å². The standard InChI is InChI=1S/C18H23N5O3/c1-11(2)15-20-21-16-12(3)22(8-9-23(15)16)18(26)19-10-13-4-6-14(7-5-13)17(24)25/h4-7,11-12H,8-10H2,1-3H3,(H,19,26)(H,24,25). The maximum Gasteiger partial charge on any atom is 0.335 e. The number of nitrogens with one attached hydrogen (secondary N) is 1. The lowest BCUT2D eigenvalue weighted by Gasteiger charge is -2.34. The van der Waals surface area contributed by atoms with Crippen molar-refractivity contribution in [2.24, 2.45) is 0 Å². The van der Waals surface area contributed by atoms with E-state index >= 15 is 0 Å². The number of carbonyl (C=O) groups is 2. The maximum atomic E-state index is 12.6. The second kappa shape index (κ2) is 7.15. The highest BCUT2D eigenvalue weighted by molar-refractivity contribution is 5.87. The molecule has 1 aromatic heterocycles. The molecule has 3 rings (SSSR count). The summed E-state index contributed by atoms with van der Waals surface area (Å²) in [5.41, 5.74) is 1.07. The van der Waals surface area contributed by atoms with Crippen molar-refractivity contribution in [3.8, 4) is 0 Å². The Balaban J connectivity index is 1.64. The molecule has 0 aliphatic carbocycles. The zero-order chi connectivity index (χ0) is 18.8. The van der Waals surface area contributed by atoms with Crippen LogP contribution in [0.1, 0.15) is 60.3 Å². The summed E-state index contributed by atoms with van der Waals surface area (Å²) >= 11 is 0. The first-order chi connectivity index (χ1) is 12.4. The molecule has 2 amide bonds. The molecule has 1 aromatic carbocycles. The molecule has 1 atom stereocenters. The molecule has 8 nitrogen and oxygen atoms in total. The maximum absolute atomic E-state index is 12.6. The fourth-order valence-electron chi connectivity index (χ4n) is 3.16. The Bertz CT molecular complexity index is 813. The molecule has 1 aliphatic rings. The topological polar surface area (TPSA) is 100 Å². The molecule has 1 unspecified atom stereocenters. The number of hydrogen-bond donors (Lipinski definition) is 2. The fraction of sp³-hybridized carbons (Fsp3) is 0.444. The third-order valence-electron chi connectivity index (χ3n) is 4.64. The summed E-state index contributed by atoms with van der Waals surface area (Å²) in [4.78, 5) is 25.2. The lowest BCUT2D eigenvalue weighted by atomic mass is 10.1. The highest BCUT2D eigenvalue weighted by Crippen LogP contribution is 2.26. The molecular formula is C18H23N5O3. The van der Waals surface area contributed by atoms with Gasteiger partial charge in [0.1, 0.15) is 5.82 Å². The van der Waals surface area contributed by atoms with Crippen molar-refractivity contribution in [3.63, 3.8) is 0 Å². The van der Waals surface area contributed by atoms with Gasteiger partial charge in [-0.05, 0) is 24.6 Å². The lowest BCUT2D eigenvalue weighted by Crippen LogP contribution is -2.46. The first kappa shape index (κ1) is 17.9. The molecule has 0 spiro atoms. The van der Waals surface area contributed by atoms with Crippen LogP contribution < -0.4 is 5.32 Å². The number of carbonyl (C=O) groups excluding carboxylic acids is 1. The Morgan fingerprint density at radius 2 is 1.92 bits per heavy atom. The average Bonchev–Trinajstić information content (AvgIpc) is 3.05. The van der Waals surface area contributed by atoms with Crippen LogP contribution in [0.5, 0.6) is 0 Å². The molecule has 2 heterocycles. The van der Waals surface area contributed by atoms with E-state index in [4.69, 9.17) is 5.11 Å². The summed E-state index contributed by atoms with van der Waals surface area (Å²) in [5, 5.41) is 20.3. The van der Waals surface area contributed by atoms with Crippen LogP contribution in [0.15, 0.2) is 24.3 Å².